The Hall–Kier alpha value is -2.04. The largest absolute Gasteiger partial charge is 0.490 e. The number of ether oxygens (including phenoxy) is 1. The van der Waals surface area contributed by atoms with Crippen molar-refractivity contribution < 1.29 is 19.4 Å². The molecule has 22 heavy (non-hydrogen) atoms. The van der Waals surface area contributed by atoms with E-state index in [4.69, 9.17) is 4.74 Å². The number of rotatable bonds is 4. The molecule has 0 bridgehead atoms. The van der Waals surface area contributed by atoms with E-state index in [2.05, 4.69) is 0 Å². The Kier molecular flexibility index (Phi) is 4.74. The lowest BCUT2D eigenvalue weighted by molar-refractivity contribution is -0.150. The van der Waals surface area contributed by atoms with Crippen LogP contribution < -0.4 is 4.74 Å². The predicted molar refractivity (Wildman–Crippen MR) is 83.1 cm³/mol. The van der Waals surface area contributed by atoms with Crippen molar-refractivity contribution in [2.75, 3.05) is 13.1 Å². The van der Waals surface area contributed by atoms with Gasteiger partial charge in [-0.3, -0.25) is 9.59 Å². The molecular weight excluding hydrogens is 282 g/mol. The van der Waals surface area contributed by atoms with Gasteiger partial charge < -0.3 is 14.7 Å². The second-order valence-electron chi connectivity index (χ2n) is 6.36. The van der Waals surface area contributed by atoms with E-state index in [0.717, 1.165) is 0 Å². The number of carbonyl (C=O) groups excluding carboxylic acids is 1. The lowest BCUT2D eigenvalue weighted by atomic mass is 9.82. The molecule has 0 aliphatic carbocycles. The van der Waals surface area contributed by atoms with Crippen LogP contribution in [-0.2, 0) is 4.79 Å². The molecule has 1 aliphatic heterocycles. The summed E-state index contributed by atoms with van der Waals surface area (Å²) >= 11 is 0. The predicted octanol–water partition coefficient (Wildman–Crippen LogP) is 2.80. The van der Waals surface area contributed by atoms with Crippen molar-refractivity contribution in [1.82, 2.24) is 4.90 Å². The van der Waals surface area contributed by atoms with Crippen LogP contribution in [0.3, 0.4) is 0 Å². The number of carboxylic acids is 1. The Morgan fingerprint density at radius 2 is 2.00 bits per heavy atom. The minimum atomic E-state index is -0.873. The van der Waals surface area contributed by atoms with Gasteiger partial charge in [0.05, 0.1) is 17.1 Å². The molecule has 0 aromatic heterocycles. The number of carboxylic acid groups (broad SMARTS) is 1. The Morgan fingerprint density at radius 1 is 1.32 bits per heavy atom. The Bertz CT molecular complexity index is 570. The zero-order chi connectivity index (χ0) is 16.3. The molecule has 5 heteroatoms. The van der Waals surface area contributed by atoms with E-state index in [1.807, 2.05) is 19.9 Å². The molecule has 2 rings (SSSR count). The molecular formula is C17H23NO4. The van der Waals surface area contributed by atoms with Crippen LogP contribution in [-0.4, -0.2) is 41.1 Å². The quantitative estimate of drug-likeness (QED) is 0.929. The third-order valence-electron chi connectivity index (χ3n) is 3.98. The second kappa shape index (κ2) is 6.38. The molecule has 5 nitrogen and oxygen atoms in total. The monoisotopic (exact) mass is 305 g/mol. The van der Waals surface area contributed by atoms with Crippen molar-refractivity contribution in [2.45, 2.75) is 39.7 Å². The summed E-state index contributed by atoms with van der Waals surface area (Å²) in [6.45, 7) is 6.33. The summed E-state index contributed by atoms with van der Waals surface area (Å²) in [5.74, 6) is -0.467. The van der Waals surface area contributed by atoms with Gasteiger partial charge in [0.2, 0.25) is 0 Å². The third kappa shape index (κ3) is 3.40. The van der Waals surface area contributed by atoms with Gasteiger partial charge in [-0.05, 0) is 45.7 Å². The van der Waals surface area contributed by atoms with Gasteiger partial charge in [-0.2, -0.15) is 0 Å². The second-order valence-corrected chi connectivity index (χ2v) is 6.36. The fourth-order valence-electron chi connectivity index (χ4n) is 2.76. The van der Waals surface area contributed by atoms with Crippen molar-refractivity contribution in [3.8, 4) is 5.75 Å². The van der Waals surface area contributed by atoms with Crippen molar-refractivity contribution in [2.24, 2.45) is 5.41 Å². The van der Waals surface area contributed by atoms with Gasteiger partial charge >= 0.3 is 5.97 Å². The molecule has 1 aromatic carbocycles. The molecule has 0 saturated carbocycles. The molecule has 0 spiro atoms. The lowest BCUT2D eigenvalue weighted by Crippen LogP contribution is -2.48. The van der Waals surface area contributed by atoms with Crippen LogP contribution in [0.2, 0.25) is 0 Å². The van der Waals surface area contributed by atoms with Crippen LogP contribution >= 0.6 is 0 Å². The number of piperidine rings is 1. The van der Waals surface area contributed by atoms with Crippen LogP contribution in [0.1, 0.15) is 44.0 Å². The number of benzene rings is 1. The van der Waals surface area contributed by atoms with E-state index in [1.165, 1.54) is 0 Å². The fraction of sp³-hybridized carbons (Fsp3) is 0.529. The van der Waals surface area contributed by atoms with Gasteiger partial charge in [0.1, 0.15) is 5.75 Å². The number of hydrogen-bond donors (Lipinski definition) is 1. The van der Waals surface area contributed by atoms with E-state index in [9.17, 15) is 14.7 Å². The maximum Gasteiger partial charge on any atom is 0.311 e. The Morgan fingerprint density at radius 3 is 2.64 bits per heavy atom. The van der Waals surface area contributed by atoms with Crippen molar-refractivity contribution in [1.29, 1.82) is 0 Å². The number of aliphatic carboxylic acids is 1. The van der Waals surface area contributed by atoms with Crippen LogP contribution in [0.25, 0.3) is 0 Å². The summed E-state index contributed by atoms with van der Waals surface area (Å²) in [6, 6.07) is 7.12. The SMILES string of the molecule is CC(C)Oc1ccccc1C(=O)N1CCCC(C)(C(=O)O)C1. The number of para-hydroxylation sites is 1. The van der Waals surface area contributed by atoms with Gasteiger partial charge in [0.25, 0.3) is 5.91 Å². The summed E-state index contributed by atoms with van der Waals surface area (Å²) in [6.07, 6.45) is 1.26. The lowest BCUT2D eigenvalue weighted by Gasteiger charge is -2.37. The first-order chi connectivity index (χ1) is 10.3. The highest BCUT2D eigenvalue weighted by Gasteiger charge is 2.39. The zero-order valence-corrected chi connectivity index (χ0v) is 13.3. The maximum absolute atomic E-state index is 12.8. The highest BCUT2D eigenvalue weighted by atomic mass is 16.5. The van der Waals surface area contributed by atoms with Crippen molar-refractivity contribution in [3.05, 3.63) is 29.8 Å². The first-order valence-corrected chi connectivity index (χ1v) is 7.62. The maximum atomic E-state index is 12.8. The number of amides is 1. The molecule has 1 unspecified atom stereocenters. The average molecular weight is 305 g/mol. The Balaban J connectivity index is 2.23. The molecule has 1 aliphatic rings. The summed E-state index contributed by atoms with van der Waals surface area (Å²) in [4.78, 5) is 25.8. The molecule has 1 fully saturated rings. The van der Waals surface area contributed by atoms with E-state index in [-0.39, 0.29) is 18.6 Å². The highest BCUT2D eigenvalue weighted by Crippen LogP contribution is 2.31. The van der Waals surface area contributed by atoms with E-state index in [0.29, 0.717) is 30.7 Å². The number of hydrogen-bond acceptors (Lipinski definition) is 3. The van der Waals surface area contributed by atoms with Gasteiger partial charge in [-0.15, -0.1) is 0 Å². The normalized spacial score (nSPS) is 21.7. The molecule has 1 aromatic rings. The summed E-state index contributed by atoms with van der Waals surface area (Å²) < 4.78 is 5.69. The smallest absolute Gasteiger partial charge is 0.311 e. The van der Waals surface area contributed by atoms with Gasteiger partial charge in [-0.1, -0.05) is 12.1 Å². The number of nitrogens with zero attached hydrogens (tertiary/aromatic N) is 1. The molecule has 1 atom stereocenters. The van der Waals surface area contributed by atoms with Crippen LogP contribution in [0, 0.1) is 5.41 Å². The average Bonchev–Trinajstić information content (AvgIpc) is 2.46. The molecule has 1 heterocycles. The first-order valence-electron chi connectivity index (χ1n) is 7.62. The van der Waals surface area contributed by atoms with E-state index < -0.39 is 11.4 Å². The van der Waals surface area contributed by atoms with Gasteiger partial charge in [-0.25, -0.2) is 0 Å². The standard InChI is InChI=1S/C17H23NO4/c1-12(2)22-14-8-5-4-7-13(14)15(19)18-10-6-9-17(3,11-18)16(20)21/h4-5,7-8,12H,6,9-11H2,1-3H3,(H,20,21). The highest BCUT2D eigenvalue weighted by molar-refractivity contribution is 5.97. The summed E-state index contributed by atoms with van der Waals surface area (Å²) in [7, 11) is 0. The molecule has 1 amide bonds. The minimum Gasteiger partial charge on any atom is -0.490 e. The third-order valence-corrected chi connectivity index (χ3v) is 3.98. The van der Waals surface area contributed by atoms with Gasteiger partial charge in [0.15, 0.2) is 0 Å². The van der Waals surface area contributed by atoms with Crippen LogP contribution in [0.15, 0.2) is 24.3 Å². The van der Waals surface area contributed by atoms with Crippen LogP contribution in [0.5, 0.6) is 5.75 Å². The topological polar surface area (TPSA) is 66.8 Å². The van der Waals surface area contributed by atoms with E-state index >= 15 is 0 Å². The zero-order valence-electron chi connectivity index (χ0n) is 13.3. The molecule has 1 saturated heterocycles. The van der Waals surface area contributed by atoms with E-state index in [1.54, 1.807) is 30.0 Å². The molecule has 120 valence electrons. The Labute approximate surface area is 130 Å². The molecule has 0 radical (unpaired) electrons. The number of carbonyl (C=O) groups is 2. The summed E-state index contributed by atoms with van der Waals surface area (Å²) in [5, 5.41) is 9.38. The fourth-order valence-corrected chi connectivity index (χ4v) is 2.76. The summed E-state index contributed by atoms with van der Waals surface area (Å²) in [5.41, 5.74) is -0.382. The van der Waals surface area contributed by atoms with Crippen molar-refractivity contribution >= 4 is 11.9 Å². The van der Waals surface area contributed by atoms with Crippen LogP contribution in [0.4, 0.5) is 0 Å². The molecule has 1 N–H and O–H groups in total. The minimum absolute atomic E-state index is 0.0282. The van der Waals surface area contributed by atoms with Gasteiger partial charge in [0, 0.05) is 13.1 Å². The first kappa shape index (κ1) is 16.3. The van der Waals surface area contributed by atoms with Crippen molar-refractivity contribution in [3.63, 3.8) is 0 Å². The number of likely N-dealkylation sites (tertiary alicyclic amines) is 1.